The van der Waals surface area contributed by atoms with Gasteiger partial charge in [-0.3, -0.25) is 5.10 Å². The van der Waals surface area contributed by atoms with Gasteiger partial charge in [0.1, 0.15) is 5.75 Å². The molecule has 0 aliphatic carbocycles. The van der Waals surface area contributed by atoms with Crippen LogP contribution in [0.4, 0.5) is 0 Å². The zero-order valence-corrected chi connectivity index (χ0v) is 14.7. The van der Waals surface area contributed by atoms with Crippen molar-refractivity contribution in [1.82, 2.24) is 15.5 Å². The molecule has 130 valence electrons. The number of hydrogen-bond donors (Lipinski definition) is 2. The van der Waals surface area contributed by atoms with Crippen LogP contribution in [0.3, 0.4) is 0 Å². The fraction of sp³-hybridized carbons (Fsp3) is 0.286. The third-order valence-electron chi connectivity index (χ3n) is 4.07. The predicted molar refractivity (Wildman–Crippen MR) is 102 cm³/mol. The quantitative estimate of drug-likeness (QED) is 0.576. The second-order valence-corrected chi connectivity index (χ2v) is 6.02. The Balaban J connectivity index is 1.47. The van der Waals surface area contributed by atoms with Gasteiger partial charge in [0.25, 0.3) is 0 Å². The molecule has 0 amide bonds. The highest BCUT2D eigenvalue weighted by Crippen LogP contribution is 2.21. The van der Waals surface area contributed by atoms with Crippen molar-refractivity contribution in [1.29, 1.82) is 0 Å². The maximum absolute atomic E-state index is 5.84. The number of ether oxygens (including phenoxy) is 1. The van der Waals surface area contributed by atoms with Crippen LogP contribution in [-0.2, 0) is 13.0 Å². The van der Waals surface area contributed by atoms with Crippen LogP contribution >= 0.6 is 0 Å². The molecule has 0 aliphatic heterocycles. The number of nitrogens with one attached hydrogen (secondary N) is 2. The number of aromatic nitrogens is 2. The smallest absolute Gasteiger partial charge is 0.119 e. The van der Waals surface area contributed by atoms with Crippen molar-refractivity contribution >= 4 is 0 Å². The minimum Gasteiger partial charge on any atom is -0.494 e. The molecule has 3 aromatic rings. The molecule has 0 radical (unpaired) electrons. The molecule has 0 spiro atoms. The molecule has 0 aliphatic rings. The van der Waals surface area contributed by atoms with Gasteiger partial charge in [-0.2, -0.15) is 5.10 Å². The summed E-state index contributed by atoms with van der Waals surface area (Å²) < 4.78 is 5.84. The fourth-order valence-electron chi connectivity index (χ4n) is 2.69. The van der Waals surface area contributed by atoms with Gasteiger partial charge in [-0.05, 0) is 55.3 Å². The first kappa shape index (κ1) is 17.2. The molecule has 2 N–H and O–H groups in total. The zero-order chi connectivity index (χ0) is 17.3. The van der Waals surface area contributed by atoms with Crippen LogP contribution in [0.15, 0.2) is 60.7 Å². The predicted octanol–water partition coefficient (Wildman–Crippen LogP) is 4.20. The van der Waals surface area contributed by atoms with Gasteiger partial charge in [-0.15, -0.1) is 0 Å². The Morgan fingerprint density at radius 3 is 2.60 bits per heavy atom. The van der Waals surface area contributed by atoms with E-state index in [1.54, 1.807) is 0 Å². The molecular formula is C21H25N3O. The summed E-state index contributed by atoms with van der Waals surface area (Å²) in [6.07, 6.45) is 2.06. The lowest BCUT2D eigenvalue weighted by Gasteiger charge is -2.07. The first-order chi connectivity index (χ1) is 12.3. The first-order valence-corrected chi connectivity index (χ1v) is 8.87. The minimum absolute atomic E-state index is 0.726. The van der Waals surface area contributed by atoms with Crippen molar-refractivity contribution in [3.05, 3.63) is 71.9 Å². The van der Waals surface area contributed by atoms with E-state index < -0.39 is 0 Å². The molecule has 0 atom stereocenters. The molecule has 0 saturated carbocycles. The third kappa shape index (κ3) is 5.19. The van der Waals surface area contributed by atoms with Crippen LogP contribution in [0.2, 0.25) is 0 Å². The highest BCUT2D eigenvalue weighted by molar-refractivity contribution is 5.60. The van der Waals surface area contributed by atoms with E-state index in [4.69, 9.17) is 4.74 Å². The van der Waals surface area contributed by atoms with Crippen molar-refractivity contribution < 1.29 is 4.74 Å². The van der Waals surface area contributed by atoms with Crippen molar-refractivity contribution in [3.63, 3.8) is 0 Å². The van der Waals surface area contributed by atoms with Gasteiger partial charge in [0.2, 0.25) is 0 Å². The van der Waals surface area contributed by atoms with Crippen LogP contribution in [0, 0.1) is 0 Å². The normalized spacial score (nSPS) is 10.8. The lowest BCUT2D eigenvalue weighted by Crippen LogP contribution is -2.11. The number of hydrogen-bond acceptors (Lipinski definition) is 3. The molecule has 0 fully saturated rings. The summed E-state index contributed by atoms with van der Waals surface area (Å²) in [4.78, 5) is 0. The summed E-state index contributed by atoms with van der Waals surface area (Å²) in [6, 6.07) is 20.7. The van der Waals surface area contributed by atoms with Crippen molar-refractivity contribution in [2.75, 3.05) is 13.2 Å². The van der Waals surface area contributed by atoms with Gasteiger partial charge in [0, 0.05) is 17.8 Å². The van der Waals surface area contributed by atoms with Crippen molar-refractivity contribution in [2.45, 2.75) is 26.3 Å². The van der Waals surface area contributed by atoms with Gasteiger partial charge < -0.3 is 10.1 Å². The lowest BCUT2D eigenvalue weighted by molar-refractivity contribution is 0.311. The Labute approximate surface area is 149 Å². The van der Waals surface area contributed by atoms with E-state index in [-0.39, 0.29) is 0 Å². The monoisotopic (exact) mass is 335 g/mol. The number of H-pyrrole nitrogens is 1. The Hall–Kier alpha value is -2.59. The number of aromatic amines is 1. The standard InChI is InChI=1S/C21H25N3O/c1-2-22-16-19-15-21(24-23-19)18-10-12-20(13-11-18)25-14-6-9-17-7-4-3-5-8-17/h3-5,7-8,10-13,15,22H,2,6,9,14,16H2,1H3,(H,23,24). The first-order valence-electron chi connectivity index (χ1n) is 8.87. The molecule has 1 aromatic heterocycles. The van der Waals surface area contributed by atoms with Crippen LogP contribution in [0.5, 0.6) is 5.75 Å². The van der Waals surface area contributed by atoms with Gasteiger partial charge >= 0.3 is 0 Å². The van der Waals surface area contributed by atoms with E-state index in [9.17, 15) is 0 Å². The summed E-state index contributed by atoms with van der Waals surface area (Å²) >= 11 is 0. The topological polar surface area (TPSA) is 49.9 Å². The Morgan fingerprint density at radius 1 is 1.04 bits per heavy atom. The molecule has 4 heteroatoms. The molecule has 25 heavy (non-hydrogen) atoms. The fourth-order valence-corrected chi connectivity index (χ4v) is 2.69. The number of aryl methyl sites for hydroxylation is 1. The van der Waals surface area contributed by atoms with Crippen LogP contribution in [-0.4, -0.2) is 23.3 Å². The summed E-state index contributed by atoms with van der Waals surface area (Å²) in [6.45, 7) is 4.58. The summed E-state index contributed by atoms with van der Waals surface area (Å²) in [5, 5.41) is 10.7. The number of benzene rings is 2. The second kappa shape index (κ2) is 9.04. The van der Waals surface area contributed by atoms with E-state index in [1.807, 2.05) is 18.2 Å². The molecule has 0 bridgehead atoms. The molecule has 3 rings (SSSR count). The van der Waals surface area contributed by atoms with E-state index >= 15 is 0 Å². The minimum atomic E-state index is 0.726. The molecule has 0 saturated heterocycles. The van der Waals surface area contributed by atoms with Gasteiger partial charge in [-0.25, -0.2) is 0 Å². The zero-order valence-electron chi connectivity index (χ0n) is 14.7. The van der Waals surface area contributed by atoms with Crippen LogP contribution in [0.1, 0.15) is 24.6 Å². The SMILES string of the molecule is CCNCc1cc(-c2ccc(OCCCc3ccccc3)cc2)n[nH]1. The van der Waals surface area contributed by atoms with Crippen molar-refractivity contribution in [3.8, 4) is 17.0 Å². The lowest BCUT2D eigenvalue weighted by atomic mass is 10.1. The largest absolute Gasteiger partial charge is 0.494 e. The van der Waals surface area contributed by atoms with Crippen LogP contribution in [0.25, 0.3) is 11.3 Å². The number of nitrogens with zero attached hydrogens (tertiary/aromatic N) is 1. The molecular weight excluding hydrogens is 310 g/mol. The average molecular weight is 335 g/mol. The average Bonchev–Trinajstić information content (AvgIpc) is 3.14. The van der Waals surface area contributed by atoms with E-state index in [0.29, 0.717) is 0 Å². The molecule has 0 unspecified atom stereocenters. The highest BCUT2D eigenvalue weighted by Gasteiger charge is 2.04. The van der Waals surface area contributed by atoms with E-state index in [1.165, 1.54) is 5.56 Å². The van der Waals surface area contributed by atoms with Crippen molar-refractivity contribution in [2.24, 2.45) is 0 Å². The summed E-state index contributed by atoms with van der Waals surface area (Å²) in [5.41, 5.74) is 4.51. The van der Waals surface area contributed by atoms with Gasteiger partial charge in [0.05, 0.1) is 12.3 Å². The van der Waals surface area contributed by atoms with Gasteiger partial charge in [0.15, 0.2) is 0 Å². The maximum atomic E-state index is 5.84. The van der Waals surface area contributed by atoms with Crippen LogP contribution < -0.4 is 10.1 Å². The maximum Gasteiger partial charge on any atom is 0.119 e. The Kier molecular flexibility index (Phi) is 6.23. The Morgan fingerprint density at radius 2 is 1.84 bits per heavy atom. The molecule has 2 aromatic carbocycles. The molecule has 1 heterocycles. The number of rotatable bonds is 9. The highest BCUT2D eigenvalue weighted by atomic mass is 16.5. The summed E-state index contributed by atoms with van der Waals surface area (Å²) in [7, 11) is 0. The second-order valence-electron chi connectivity index (χ2n) is 6.02. The molecule has 4 nitrogen and oxygen atoms in total. The summed E-state index contributed by atoms with van der Waals surface area (Å²) in [5.74, 6) is 0.903. The van der Waals surface area contributed by atoms with E-state index in [2.05, 4.69) is 64.9 Å². The van der Waals surface area contributed by atoms with Gasteiger partial charge in [-0.1, -0.05) is 37.3 Å². The van der Waals surface area contributed by atoms with E-state index in [0.717, 1.165) is 55.2 Å². The Bertz CT molecular complexity index is 750. The third-order valence-corrected chi connectivity index (χ3v) is 4.07.